The van der Waals surface area contributed by atoms with Crippen molar-refractivity contribution in [2.45, 2.75) is 43.9 Å². The fraction of sp³-hybridized carbons (Fsp3) is 0.467. The van der Waals surface area contributed by atoms with Crippen LogP contribution in [-0.4, -0.2) is 17.0 Å². The van der Waals surface area contributed by atoms with Crippen LogP contribution in [0, 0.1) is 5.82 Å². The van der Waals surface area contributed by atoms with Crippen LogP contribution in [0.5, 0.6) is 0 Å². The molecule has 0 atom stereocenters. The van der Waals surface area contributed by atoms with Gasteiger partial charge in [0, 0.05) is 0 Å². The molecule has 1 aromatic carbocycles. The third-order valence-electron chi connectivity index (χ3n) is 4.46. The highest BCUT2D eigenvalue weighted by atomic mass is 19.1. The van der Waals surface area contributed by atoms with E-state index in [1.165, 1.54) is 6.07 Å². The standard InChI is InChI=1S/C15H16FNO3/c16-11-8-10(6-9-7-12(18)17-13(9)11)15(14(19)20)4-2-1-3-5-15/h6,8H,1-5,7H2,(H,17,18)(H,19,20). The molecule has 0 radical (unpaired) electrons. The average Bonchev–Trinajstić information content (AvgIpc) is 2.80. The van der Waals surface area contributed by atoms with Crippen molar-refractivity contribution < 1.29 is 19.1 Å². The van der Waals surface area contributed by atoms with Crippen LogP contribution < -0.4 is 5.32 Å². The summed E-state index contributed by atoms with van der Waals surface area (Å²) in [6.07, 6.45) is 3.87. The van der Waals surface area contributed by atoms with Crippen LogP contribution in [0.4, 0.5) is 10.1 Å². The molecule has 1 aliphatic carbocycles. The second kappa shape index (κ2) is 4.58. The van der Waals surface area contributed by atoms with Crippen molar-refractivity contribution in [2.24, 2.45) is 0 Å². The van der Waals surface area contributed by atoms with Gasteiger partial charge in [-0.15, -0.1) is 0 Å². The number of carbonyl (C=O) groups is 2. The average molecular weight is 277 g/mol. The summed E-state index contributed by atoms with van der Waals surface area (Å²) in [5.74, 6) is -1.67. The Hall–Kier alpha value is -1.91. The molecule has 0 saturated heterocycles. The first kappa shape index (κ1) is 13.1. The van der Waals surface area contributed by atoms with Gasteiger partial charge in [-0.2, -0.15) is 0 Å². The van der Waals surface area contributed by atoms with E-state index >= 15 is 0 Å². The summed E-state index contributed by atoms with van der Waals surface area (Å²) in [5.41, 5.74) is 0.267. The largest absolute Gasteiger partial charge is 0.481 e. The fourth-order valence-electron chi connectivity index (χ4n) is 3.36. The number of hydrogen-bond acceptors (Lipinski definition) is 2. The number of hydrogen-bond donors (Lipinski definition) is 2. The van der Waals surface area contributed by atoms with Gasteiger partial charge in [0.05, 0.1) is 17.5 Å². The molecule has 0 bridgehead atoms. The summed E-state index contributed by atoms with van der Waals surface area (Å²) in [7, 11) is 0. The van der Waals surface area contributed by atoms with E-state index in [0.29, 0.717) is 24.0 Å². The van der Waals surface area contributed by atoms with Crippen molar-refractivity contribution in [3.8, 4) is 0 Å². The maximum atomic E-state index is 14.1. The highest BCUT2D eigenvalue weighted by Gasteiger charge is 2.42. The Morgan fingerprint density at radius 3 is 2.60 bits per heavy atom. The highest BCUT2D eigenvalue weighted by Crippen LogP contribution is 2.42. The van der Waals surface area contributed by atoms with E-state index in [1.807, 2.05) is 0 Å². The van der Waals surface area contributed by atoms with Gasteiger partial charge >= 0.3 is 5.97 Å². The van der Waals surface area contributed by atoms with Crippen LogP contribution in [0.1, 0.15) is 43.2 Å². The van der Waals surface area contributed by atoms with E-state index < -0.39 is 17.2 Å². The number of carboxylic acid groups (broad SMARTS) is 1. The second-order valence-corrected chi connectivity index (χ2v) is 5.67. The molecule has 0 aromatic heterocycles. The van der Waals surface area contributed by atoms with Crippen molar-refractivity contribution >= 4 is 17.6 Å². The summed E-state index contributed by atoms with van der Waals surface area (Å²) in [6, 6.07) is 2.97. The molecule has 5 heteroatoms. The molecule has 1 fully saturated rings. The highest BCUT2D eigenvalue weighted by molar-refractivity contribution is 5.99. The van der Waals surface area contributed by atoms with E-state index in [2.05, 4.69) is 5.32 Å². The normalized spacial score (nSPS) is 20.4. The predicted molar refractivity (Wildman–Crippen MR) is 71.1 cm³/mol. The molecule has 20 heavy (non-hydrogen) atoms. The van der Waals surface area contributed by atoms with Gasteiger partial charge in [-0.05, 0) is 30.0 Å². The number of nitrogens with one attached hydrogen (secondary N) is 1. The molecule has 1 amide bonds. The first-order valence-corrected chi connectivity index (χ1v) is 6.89. The molecule has 1 saturated carbocycles. The van der Waals surface area contributed by atoms with Gasteiger partial charge in [0.25, 0.3) is 0 Å². The number of benzene rings is 1. The van der Waals surface area contributed by atoms with Gasteiger partial charge in [0.15, 0.2) is 0 Å². The second-order valence-electron chi connectivity index (χ2n) is 5.67. The van der Waals surface area contributed by atoms with Crippen molar-refractivity contribution in [3.63, 3.8) is 0 Å². The van der Waals surface area contributed by atoms with E-state index in [-0.39, 0.29) is 18.0 Å². The minimum Gasteiger partial charge on any atom is -0.481 e. The first-order chi connectivity index (χ1) is 9.53. The molecular weight excluding hydrogens is 261 g/mol. The molecule has 3 rings (SSSR count). The van der Waals surface area contributed by atoms with Crippen molar-refractivity contribution in [2.75, 3.05) is 5.32 Å². The Bertz CT molecular complexity index is 591. The summed E-state index contributed by atoms with van der Waals surface area (Å²) in [6.45, 7) is 0. The van der Waals surface area contributed by atoms with Crippen LogP contribution in [0.2, 0.25) is 0 Å². The first-order valence-electron chi connectivity index (χ1n) is 6.89. The SMILES string of the molecule is O=C1Cc2cc(C3(C(=O)O)CCCCC3)cc(F)c2N1. The lowest BCUT2D eigenvalue weighted by atomic mass is 9.69. The molecule has 0 unspecified atom stereocenters. The summed E-state index contributed by atoms with van der Waals surface area (Å²) in [5, 5.41) is 12.1. The van der Waals surface area contributed by atoms with Gasteiger partial charge < -0.3 is 10.4 Å². The van der Waals surface area contributed by atoms with Crippen molar-refractivity contribution in [3.05, 3.63) is 29.1 Å². The fourth-order valence-corrected chi connectivity index (χ4v) is 3.36. The van der Waals surface area contributed by atoms with E-state index in [0.717, 1.165) is 19.3 Å². The zero-order chi connectivity index (χ0) is 14.3. The van der Waals surface area contributed by atoms with Crippen molar-refractivity contribution in [1.29, 1.82) is 0 Å². The van der Waals surface area contributed by atoms with E-state index in [9.17, 15) is 19.1 Å². The number of anilines is 1. The molecule has 4 nitrogen and oxygen atoms in total. The number of aliphatic carboxylic acids is 1. The number of carboxylic acids is 1. The van der Waals surface area contributed by atoms with Crippen LogP contribution in [0.25, 0.3) is 0 Å². The number of carbonyl (C=O) groups excluding carboxylic acids is 1. The number of amides is 1. The van der Waals surface area contributed by atoms with Gasteiger partial charge in [-0.1, -0.05) is 25.3 Å². The van der Waals surface area contributed by atoms with Crippen LogP contribution in [0.3, 0.4) is 0 Å². The lowest BCUT2D eigenvalue weighted by Crippen LogP contribution is -2.38. The number of fused-ring (bicyclic) bond motifs is 1. The Kier molecular flexibility index (Phi) is 3.00. The monoisotopic (exact) mass is 277 g/mol. The molecule has 1 heterocycles. The van der Waals surface area contributed by atoms with Crippen LogP contribution in [-0.2, 0) is 21.4 Å². The minimum absolute atomic E-state index is 0.121. The summed E-state index contributed by atoms with van der Waals surface area (Å²) >= 11 is 0. The van der Waals surface area contributed by atoms with Gasteiger partial charge in [0.2, 0.25) is 5.91 Å². The summed E-state index contributed by atoms with van der Waals surface area (Å²) in [4.78, 5) is 23.1. The van der Waals surface area contributed by atoms with Gasteiger partial charge in [0.1, 0.15) is 5.82 Å². The lowest BCUT2D eigenvalue weighted by Gasteiger charge is -2.34. The molecule has 2 aliphatic rings. The van der Waals surface area contributed by atoms with Crippen LogP contribution in [0.15, 0.2) is 12.1 Å². The zero-order valence-corrected chi connectivity index (χ0v) is 11.0. The summed E-state index contributed by atoms with van der Waals surface area (Å²) < 4.78 is 14.1. The topological polar surface area (TPSA) is 66.4 Å². The number of halogens is 1. The quantitative estimate of drug-likeness (QED) is 0.873. The zero-order valence-electron chi connectivity index (χ0n) is 11.0. The third-order valence-corrected chi connectivity index (χ3v) is 4.46. The molecule has 0 spiro atoms. The molecule has 1 aliphatic heterocycles. The minimum atomic E-state index is -1.00. The third kappa shape index (κ3) is 1.88. The molecular formula is C15H16FNO3. The maximum Gasteiger partial charge on any atom is 0.314 e. The Labute approximate surface area is 116 Å². The van der Waals surface area contributed by atoms with Gasteiger partial charge in [-0.25, -0.2) is 4.39 Å². The van der Waals surface area contributed by atoms with Crippen molar-refractivity contribution in [1.82, 2.24) is 0 Å². The Morgan fingerprint density at radius 2 is 1.95 bits per heavy atom. The van der Waals surface area contributed by atoms with E-state index in [4.69, 9.17) is 0 Å². The molecule has 1 aromatic rings. The predicted octanol–water partition coefficient (Wildman–Crippen LogP) is 2.61. The Morgan fingerprint density at radius 1 is 1.25 bits per heavy atom. The molecule has 106 valence electrons. The van der Waals surface area contributed by atoms with E-state index in [1.54, 1.807) is 6.07 Å². The number of rotatable bonds is 2. The smallest absolute Gasteiger partial charge is 0.314 e. The maximum absolute atomic E-state index is 14.1. The lowest BCUT2D eigenvalue weighted by molar-refractivity contribution is -0.145. The molecule has 2 N–H and O–H groups in total. The van der Waals surface area contributed by atoms with Crippen LogP contribution >= 0.6 is 0 Å². The van der Waals surface area contributed by atoms with Gasteiger partial charge in [-0.3, -0.25) is 9.59 Å². The Balaban J connectivity index is 2.09.